The highest BCUT2D eigenvalue weighted by atomic mass is 16.5. The highest BCUT2D eigenvalue weighted by Gasteiger charge is 1.97. The van der Waals surface area contributed by atoms with Gasteiger partial charge in [0.2, 0.25) is 0 Å². The molecular formula is C17H32N2O2. The lowest BCUT2D eigenvalue weighted by Crippen LogP contribution is -2.23. The van der Waals surface area contributed by atoms with Crippen LogP contribution in [0.4, 0.5) is 4.79 Å². The van der Waals surface area contributed by atoms with Gasteiger partial charge < -0.3 is 10.1 Å². The van der Waals surface area contributed by atoms with Crippen molar-refractivity contribution in [2.45, 2.75) is 83.5 Å². The molecule has 0 aliphatic heterocycles. The molecular weight excluding hydrogens is 264 g/mol. The fourth-order valence-electron chi connectivity index (χ4n) is 2.36. The van der Waals surface area contributed by atoms with E-state index in [2.05, 4.69) is 16.1 Å². The summed E-state index contributed by atoms with van der Waals surface area (Å²) in [6.07, 6.45) is 15.4. The second kappa shape index (κ2) is 16.8. The van der Waals surface area contributed by atoms with Gasteiger partial charge in [-0.15, -0.1) is 0 Å². The average Bonchev–Trinajstić information content (AvgIpc) is 2.50. The van der Waals surface area contributed by atoms with Crippen LogP contribution in [-0.4, -0.2) is 19.7 Å². The number of nitriles is 1. The van der Waals surface area contributed by atoms with Crippen LogP contribution in [0.1, 0.15) is 83.5 Å². The Bertz CT molecular complexity index is 274. The molecule has 0 fully saturated rings. The van der Waals surface area contributed by atoms with Crippen LogP contribution in [0.2, 0.25) is 0 Å². The largest absolute Gasteiger partial charge is 0.453 e. The summed E-state index contributed by atoms with van der Waals surface area (Å²) in [6, 6.07) is 2.19. The summed E-state index contributed by atoms with van der Waals surface area (Å²) >= 11 is 0. The van der Waals surface area contributed by atoms with E-state index in [1.807, 2.05) is 0 Å². The predicted molar refractivity (Wildman–Crippen MR) is 86.0 cm³/mol. The molecule has 0 radical (unpaired) electrons. The van der Waals surface area contributed by atoms with Gasteiger partial charge in [0.1, 0.15) is 0 Å². The maximum atomic E-state index is 10.8. The number of nitrogens with one attached hydrogen (secondary N) is 1. The van der Waals surface area contributed by atoms with E-state index >= 15 is 0 Å². The Morgan fingerprint density at radius 2 is 1.29 bits per heavy atom. The Hall–Kier alpha value is -1.24. The number of amides is 1. The number of hydrogen-bond acceptors (Lipinski definition) is 3. The molecule has 0 rings (SSSR count). The van der Waals surface area contributed by atoms with Crippen molar-refractivity contribution >= 4 is 6.09 Å². The van der Waals surface area contributed by atoms with Crippen molar-refractivity contribution in [3.8, 4) is 6.07 Å². The van der Waals surface area contributed by atoms with Gasteiger partial charge in [-0.05, 0) is 12.8 Å². The van der Waals surface area contributed by atoms with Gasteiger partial charge in [-0.25, -0.2) is 4.79 Å². The number of methoxy groups -OCH3 is 1. The van der Waals surface area contributed by atoms with Crippen molar-refractivity contribution in [3.63, 3.8) is 0 Å². The van der Waals surface area contributed by atoms with Gasteiger partial charge in [0, 0.05) is 13.0 Å². The van der Waals surface area contributed by atoms with E-state index in [4.69, 9.17) is 5.26 Å². The van der Waals surface area contributed by atoms with Gasteiger partial charge in [0.05, 0.1) is 13.2 Å². The van der Waals surface area contributed by atoms with Gasteiger partial charge >= 0.3 is 6.09 Å². The molecule has 0 atom stereocenters. The summed E-state index contributed by atoms with van der Waals surface area (Å²) in [7, 11) is 1.39. The molecule has 0 aliphatic carbocycles. The molecule has 0 bridgehead atoms. The summed E-state index contributed by atoms with van der Waals surface area (Å²) in [5.41, 5.74) is 0. The Kier molecular flexibility index (Phi) is 15.8. The molecule has 4 heteroatoms. The highest BCUT2D eigenvalue weighted by Crippen LogP contribution is 2.12. The predicted octanol–water partition coefficient (Wildman–Crippen LogP) is 4.94. The zero-order valence-corrected chi connectivity index (χ0v) is 13.7. The first-order valence-corrected chi connectivity index (χ1v) is 8.50. The smallest absolute Gasteiger partial charge is 0.406 e. The second-order valence-corrected chi connectivity index (χ2v) is 5.57. The summed E-state index contributed by atoms with van der Waals surface area (Å²) in [4.78, 5) is 10.8. The Morgan fingerprint density at radius 3 is 1.71 bits per heavy atom. The third kappa shape index (κ3) is 16.7. The molecule has 122 valence electrons. The van der Waals surface area contributed by atoms with Crippen LogP contribution in [0.15, 0.2) is 0 Å². The minimum absolute atomic E-state index is 0.331. The number of ether oxygens (including phenoxy) is 1. The number of alkyl carbamates (subject to hydrolysis) is 1. The number of rotatable bonds is 14. The summed E-state index contributed by atoms with van der Waals surface area (Å²) < 4.78 is 4.51. The lowest BCUT2D eigenvalue weighted by atomic mass is 10.0. The van der Waals surface area contributed by atoms with E-state index < -0.39 is 0 Å². The van der Waals surface area contributed by atoms with Crippen molar-refractivity contribution in [3.05, 3.63) is 0 Å². The number of carbonyl (C=O) groups excluding carboxylic acids is 1. The first-order valence-electron chi connectivity index (χ1n) is 8.50. The summed E-state index contributed by atoms with van der Waals surface area (Å²) in [6.45, 7) is 0.721. The molecule has 0 spiro atoms. The topological polar surface area (TPSA) is 62.1 Å². The highest BCUT2D eigenvalue weighted by molar-refractivity contribution is 5.66. The molecule has 0 aromatic rings. The average molecular weight is 296 g/mol. The molecule has 0 unspecified atom stereocenters. The molecule has 0 aliphatic rings. The van der Waals surface area contributed by atoms with Gasteiger partial charge in [-0.3, -0.25) is 0 Å². The summed E-state index contributed by atoms with van der Waals surface area (Å²) in [5.74, 6) is 0. The fourth-order valence-corrected chi connectivity index (χ4v) is 2.36. The first kappa shape index (κ1) is 19.8. The third-order valence-electron chi connectivity index (χ3n) is 3.67. The van der Waals surface area contributed by atoms with Crippen LogP contribution in [0, 0.1) is 11.3 Å². The Labute approximate surface area is 130 Å². The van der Waals surface area contributed by atoms with Crippen molar-refractivity contribution in [1.29, 1.82) is 5.26 Å². The molecule has 0 heterocycles. The number of unbranched alkanes of at least 4 members (excludes halogenated alkanes) is 12. The molecule has 0 saturated carbocycles. The molecule has 0 saturated heterocycles. The molecule has 0 aromatic carbocycles. The molecule has 4 nitrogen and oxygen atoms in total. The Morgan fingerprint density at radius 1 is 0.857 bits per heavy atom. The zero-order valence-electron chi connectivity index (χ0n) is 13.7. The quantitative estimate of drug-likeness (QED) is 0.462. The lowest BCUT2D eigenvalue weighted by molar-refractivity contribution is 0.171. The lowest BCUT2D eigenvalue weighted by Gasteiger charge is -2.04. The van der Waals surface area contributed by atoms with E-state index in [0.29, 0.717) is 0 Å². The monoisotopic (exact) mass is 296 g/mol. The van der Waals surface area contributed by atoms with Crippen LogP contribution < -0.4 is 5.32 Å². The van der Waals surface area contributed by atoms with Crippen LogP contribution in [0.25, 0.3) is 0 Å². The number of carbonyl (C=O) groups is 1. The minimum Gasteiger partial charge on any atom is -0.453 e. The second-order valence-electron chi connectivity index (χ2n) is 5.57. The van der Waals surface area contributed by atoms with E-state index in [0.717, 1.165) is 25.8 Å². The van der Waals surface area contributed by atoms with Gasteiger partial charge in [-0.1, -0.05) is 64.2 Å². The zero-order chi connectivity index (χ0) is 15.6. The first-order chi connectivity index (χ1) is 10.3. The standard InChI is InChI=1S/C17H32N2O2/c1-21-17(20)19-16-14-12-10-8-6-4-2-3-5-7-9-11-13-15-18/h2-14,16H2,1H3,(H,19,20). The summed E-state index contributed by atoms with van der Waals surface area (Å²) in [5, 5.41) is 11.1. The van der Waals surface area contributed by atoms with E-state index in [-0.39, 0.29) is 6.09 Å². The normalized spacial score (nSPS) is 10.1. The van der Waals surface area contributed by atoms with Crippen molar-refractivity contribution in [2.75, 3.05) is 13.7 Å². The Balaban J connectivity index is 3.00. The maximum Gasteiger partial charge on any atom is 0.406 e. The SMILES string of the molecule is COC(=O)NCCCCCCCCCCCCCCC#N. The molecule has 21 heavy (non-hydrogen) atoms. The number of nitrogens with zero attached hydrogens (tertiary/aromatic N) is 1. The van der Waals surface area contributed by atoms with Crippen LogP contribution in [-0.2, 0) is 4.74 Å². The van der Waals surface area contributed by atoms with Crippen LogP contribution >= 0.6 is 0 Å². The van der Waals surface area contributed by atoms with Crippen molar-refractivity contribution < 1.29 is 9.53 Å². The third-order valence-corrected chi connectivity index (χ3v) is 3.67. The van der Waals surface area contributed by atoms with Gasteiger partial charge in [0.25, 0.3) is 0 Å². The van der Waals surface area contributed by atoms with E-state index in [1.54, 1.807) is 0 Å². The van der Waals surface area contributed by atoms with Crippen molar-refractivity contribution in [1.82, 2.24) is 5.32 Å². The maximum absolute atomic E-state index is 10.8. The van der Waals surface area contributed by atoms with Crippen LogP contribution in [0.5, 0.6) is 0 Å². The molecule has 1 amide bonds. The molecule has 0 aromatic heterocycles. The van der Waals surface area contributed by atoms with Crippen LogP contribution in [0.3, 0.4) is 0 Å². The van der Waals surface area contributed by atoms with Gasteiger partial charge in [0.15, 0.2) is 0 Å². The minimum atomic E-state index is -0.331. The fraction of sp³-hybridized carbons (Fsp3) is 0.882. The van der Waals surface area contributed by atoms with Gasteiger partial charge in [-0.2, -0.15) is 5.26 Å². The number of hydrogen-bond donors (Lipinski definition) is 1. The van der Waals surface area contributed by atoms with Crippen molar-refractivity contribution in [2.24, 2.45) is 0 Å². The van der Waals surface area contributed by atoms with E-state index in [9.17, 15) is 4.79 Å². The van der Waals surface area contributed by atoms with E-state index in [1.165, 1.54) is 71.3 Å². The molecule has 1 N–H and O–H groups in total.